The number of nitro groups is 1. The highest BCUT2D eigenvalue weighted by atomic mass is 19.3. The predicted molar refractivity (Wildman–Crippen MR) is 40.5 cm³/mol. The minimum absolute atomic E-state index is 0.169. The third kappa shape index (κ3) is 1.81. The quantitative estimate of drug-likeness (QED) is 0.424. The van der Waals surface area contributed by atoms with E-state index in [4.69, 9.17) is 0 Å². The van der Waals surface area contributed by atoms with Gasteiger partial charge in [-0.05, 0) is 6.92 Å². The van der Waals surface area contributed by atoms with Crippen LogP contribution in [0, 0.1) is 23.0 Å². The van der Waals surface area contributed by atoms with E-state index in [0.29, 0.717) is 0 Å². The van der Waals surface area contributed by atoms with Crippen LogP contribution in [0.4, 0.5) is 18.9 Å². The van der Waals surface area contributed by atoms with E-state index in [1.165, 1.54) is 6.92 Å². The molecular weight excluding hydrogens is 201 g/mol. The molecule has 0 amide bonds. The second-order valence-corrected chi connectivity index (χ2v) is 2.55. The number of pyridine rings is 1. The first-order valence-corrected chi connectivity index (χ1v) is 3.53. The maximum atomic E-state index is 12.6. The Kier molecular flexibility index (Phi) is 2.68. The molecule has 0 atom stereocenters. The number of alkyl halides is 2. The molecule has 0 spiro atoms. The Morgan fingerprint density at radius 2 is 2.14 bits per heavy atom. The second-order valence-electron chi connectivity index (χ2n) is 2.55. The van der Waals surface area contributed by atoms with Gasteiger partial charge in [0.15, 0.2) is 5.69 Å². The van der Waals surface area contributed by atoms with Gasteiger partial charge in [-0.15, -0.1) is 0 Å². The smallest absolute Gasteiger partial charge is 0.258 e. The molecule has 0 fully saturated rings. The minimum atomic E-state index is -3.16. The van der Waals surface area contributed by atoms with E-state index in [9.17, 15) is 23.3 Å². The summed E-state index contributed by atoms with van der Waals surface area (Å²) < 4.78 is 37.0. The normalized spacial score (nSPS) is 10.6. The third-order valence-electron chi connectivity index (χ3n) is 1.57. The average Bonchev–Trinajstić information content (AvgIpc) is 2.01. The number of hydrogen-bond acceptors (Lipinski definition) is 3. The van der Waals surface area contributed by atoms with Crippen molar-refractivity contribution < 1.29 is 18.1 Å². The molecule has 7 heteroatoms. The molecule has 0 N–H and O–H groups in total. The van der Waals surface area contributed by atoms with E-state index in [0.717, 1.165) is 6.07 Å². The summed E-state index contributed by atoms with van der Waals surface area (Å²) in [6.07, 6.45) is -3.16. The summed E-state index contributed by atoms with van der Waals surface area (Å²) in [5.41, 5.74) is -2.13. The molecule has 0 aromatic carbocycles. The van der Waals surface area contributed by atoms with Gasteiger partial charge >= 0.3 is 0 Å². The van der Waals surface area contributed by atoms with Gasteiger partial charge in [0.1, 0.15) is 0 Å². The van der Waals surface area contributed by atoms with E-state index in [1.54, 1.807) is 0 Å². The van der Waals surface area contributed by atoms with Crippen molar-refractivity contribution in [1.82, 2.24) is 4.98 Å². The molecule has 0 saturated heterocycles. The van der Waals surface area contributed by atoms with Crippen LogP contribution in [0.1, 0.15) is 17.7 Å². The van der Waals surface area contributed by atoms with Gasteiger partial charge in [0, 0.05) is 11.6 Å². The van der Waals surface area contributed by atoms with Crippen LogP contribution in [-0.2, 0) is 0 Å². The number of rotatable bonds is 2. The van der Waals surface area contributed by atoms with Crippen LogP contribution in [0.25, 0.3) is 0 Å². The highest BCUT2D eigenvalue weighted by Gasteiger charge is 2.26. The largest absolute Gasteiger partial charge is 0.299 e. The molecule has 0 radical (unpaired) electrons. The van der Waals surface area contributed by atoms with Crippen molar-refractivity contribution in [2.75, 3.05) is 0 Å². The molecule has 1 aromatic rings. The molecule has 0 aliphatic carbocycles. The van der Waals surface area contributed by atoms with E-state index < -0.39 is 28.7 Å². The number of hydrogen-bond donors (Lipinski definition) is 0. The van der Waals surface area contributed by atoms with Gasteiger partial charge < -0.3 is 0 Å². The standard InChI is InChI=1S/C7H5F3N2O2/c1-3-2-4(8)11-5(7(9)10)6(3)12(13)14/h2,7H,1H3. The monoisotopic (exact) mass is 206 g/mol. The summed E-state index contributed by atoms with van der Waals surface area (Å²) in [7, 11) is 0. The lowest BCUT2D eigenvalue weighted by Gasteiger charge is -2.03. The lowest BCUT2D eigenvalue weighted by molar-refractivity contribution is -0.387. The first-order valence-electron chi connectivity index (χ1n) is 3.53. The molecule has 0 unspecified atom stereocenters. The highest BCUT2D eigenvalue weighted by Crippen LogP contribution is 2.29. The van der Waals surface area contributed by atoms with Crippen molar-refractivity contribution >= 4 is 5.69 Å². The van der Waals surface area contributed by atoms with Crippen molar-refractivity contribution in [3.05, 3.63) is 33.4 Å². The van der Waals surface area contributed by atoms with Crippen LogP contribution in [0.5, 0.6) is 0 Å². The summed E-state index contributed by atoms with van der Waals surface area (Å²) in [6, 6.07) is 0.740. The number of aromatic nitrogens is 1. The number of halogens is 3. The fourth-order valence-corrected chi connectivity index (χ4v) is 1.04. The van der Waals surface area contributed by atoms with Crippen LogP contribution in [0.3, 0.4) is 0 Å². The van der Waals surface area contributed by atoms with Crippen LogP contribution < -0.4 is 0 Å². The molecule has 1 heterocycles. The predicted octanol–water partition coefficient (Wildman–Crippen LogP) is 2.37. The van der Waals surface area contributed by atoms with Crippen molar-refractivity contribution in [1.29, 1.82) is 0 Å². The average molecular weight is 206 g/mol. The van der Waals surface area contributed by atoms with Crippen LogP contribution >= 0.6 is 0 Å². The van der Waals surface area contributed by atoms with Gasteiger partial charge in [-0.2, -0.15) is 4.39 Å². The van der Waals surface area contributed by atoms with Gasteiger partial charge in [0.05, 0.1) is 4.92 Å². The van der Waals surface area contributed by atoms with Gasteiger partial charge in [-0.25, -0.2) is 13.8 Å². The lowest BCUT2D eigenvalue weighted by atomic mass is 10.2. The van der Waals surface area contributed by atoms with Gasteiger partial charge in [0.2, 0.25) is 5.95 Å². The third-order valence-corrected chi connectivity index (χ3v) is 1.57. The summed E-state index contributed by atoms with van der Waals surface area (Å²) in [6.45, 7) is 1.18. The number of aryl methyl sites for hydroxylation is 1. The van der Waals surface area contributed by atoms with E-state index in [2.05, 4.69) is 4.98 Å². The summed E-state index contributed by atoms with van der Waals surface area (Å²) in [5, 5.41) is 10.4. The zero-order valence-corrected chi connectivity index (χ0v) is 7.00. The summed E-state index contributed by atoms with van der Waals surface area (Å²) in [4.78, 5) is 12.2. The van der Waals surface area contributed by atoms with Crippen LogP contribution in [-0.4, -0.2) is 9.91 Å². The molecule has 0 bridgehead atoms. The van der Waals surface area contributed by atoms with Gasteiger partial charge in [-0.3, -0.25) is 10.1 Å². The maximum absolute atomic E-state index is 12.6. The van der Waals surface area contributed by atoms with Crippen molar-refractivity contribution in [3.8, 4) is 0 Å². The highest BCUT2D eigenvalue weighted by molar-refractivity contribution is 5.43. The zero-order valence-electron chi connectivity index (χ0n) is 7.00. The van der Waals surface area contributed by atoms with Crippen LogP contribution in [0.2, 0.25) is 0 Å². The molecule has 1 rings (SSSR count). The van der Waals surface area contributed by atoms with Gasteiger partial charge in [-0.1, -0.05) is 0 Å². The molecule has 14 heavy (non-hydrogen) atoms. The Balaban J connectivity index is 3.44. The van der Waals surface area contributed by atoms with Crippen molar-refractivity contribution in [3.63, 3.8) is 0 Å². The maximum Gasteiger partial charge on any atom is 0.299 e. The van der Waals surface area contributed by atoms with Crippen molar-refractivity contribution in [2.24, 2.45) is 0 Å². The zero-order chi connectivity index (χ0) is 10.9. The Hall–Kier alpha value is -1.66. The first-order chi connectivity index (χ1) is 6.43. The summed E-state index contributed by atoms with van der Waals surface area (Å²) >= 11 is 0. The molecular formula is C7H5F3N2O2. The Morgan fingerprint density at radius 1 is 1.57 bits per heavy atom. The second kappa shape index (κ2) is 3.60. The van der Waals surface area contributed by atoms with Crippen molar-refractivity contribution in [2.45, 2.75) is 13.3 Å². The molecule has 0 aliphatic heterocycles. The fraction of sp³-hybridized carbons (Fsp3) is 0.286. The minimum Gasteiger partial charge on any atom is -0.258 e. The molecule has 76 valence electrons. The van der Waals surface area contributed by atoms with Gasteiger partial charge in [0.25, 0.3) is 12.1 Å². The topological polar surface area (TPSA) is 56.0 Å². The molecule has 0 saturated carbocycles. The van der Waals surface area contributed by atoms with Crippen LogP contribution in [0.15, 0.2) is 6.07 Å². The van der Waals surface area contributed by atoms with E-state index in [1.807, 2.05) is 0 Å². The Bertz CT molecular complexity index is 381. The molecule has 1 aromatic heterocycles. The van der Waals surface area contributed by atoms with E-state index in [-0.39, 0.29) is 5.56 Å². The number of nitrogens with zero attached hydrogens (tertiary/aromatic N) is 2. The molecule has 0 aliphatic rings. The first kappa shape index (κ1) is 10.4. The summed E-state index contributed by atoms with van der Waals surface area (Å²) in [5.74, 6) is -1.15. The molecule has 4 nitrogen and oxygen atoms in total. The lowest BCUT2D eigenvalue weighted by Crippen LogP contribution is -2.03. The Morgan fingerprint density at radius 3 is 2.57 bits per heavy atom. The Labute approximate surface area is 76.5 Å². The fourth-order valence-electron chi connectivity index (χ4n) is 1.04. The SMILES string of the molecule is Cc1cc(F)nc(C(F)F)c1[N+](=O)[O-]. The van der Waals surface area contributed by atoms with E-state index >= 15 is 0 Å².